The molecule has 1 fully saturated rings. The van der Waals surface area contributed by atoms with E-state index in [9.17, 15) is 0 Å². The summed E-state index contributed by atoms with van der Waals surface area (Å²) < 4.78 is -0.290. The first kappa shape index (κ1) is 17.5. The van der Waals surface area contributed by atoms with Gasteiger partial charge < -0.3 is 0 Å². The van der Waals surface area contributed by atoms with Gasteiger partial charge in [0.2, 0.25) is 0 Å². The second kappa shape index (κ2) is 7.77. The van der Waals surface area contributed by atoms with Gasteiger partial charge in [0.25, 0.3) is 0 Å². The molecule has 1 saturated heterocycles. The largest absolute Gasteiger partial charge is 0.294 e. The first-order valence-corrected chi connectivity index (χ1v) is 10.2. The predicted molar refractivity (Wildman–Crippen MR) is 113 cm³/mol. The van der Waals surface area contributed by atoms with E-state index >= 15 is 0 Å². The van der Waals surface area contributed by atoms with E-state index in [1.54, 1.807) is 0 Å². The smallest absolute Gasteiger partial charge is 0.0951 e. The van der Waals surface area contributed by atoms with Crippen LogP contribution in [0, 0.1) is 0 Å². The lowest BCUT2D eigenvalue weighted by atomic mass is 9.80. The van der Waals surface area contributed by atoms with Crippen molar-refractivity contribution in [2.24, 2.45) is 0 Å². The fourth-order valence-corrected chi connectivity index (χ4v) is 5.25. The summed E-state index contributed by atoms with van der Waals surface area (Å²) in [4.78, 5) is 2.64. The monoisotopic (exact) mass is 405 g/mol. The molecule has 0 radical (unpaired) electrons. The van der Waals surface area contributed by atoms with Gasteiger partial charge in [-0.1, -0.05) is 107 Å². The third kappa shape index (κ3) is 3.24. The Kier molecular flexibility index (Phi) is 5.23. The molecular weight excluding hydrogens is 382 g/mol. The van der Waals surface area contributed by atoms with Crippen LogP contribution < -0.4 is 0 Å². The minimum Gasteiger partial charge on any atom is -0.294 e. The Hall–Kier alpha value is -1.90. The number of likely N-dealkylation sites (tertiary alicyclic amines) is 1. The van der Waals surface area contributed by atoms with Crippen molar-refractivity contribution in [2.75, 3.05) is 13.1 Å². The van der Waals surface area contributed by atoms with E-state index in [-0.39, 0.29) is 10.4 Å². The van der Waals surface area contributed by atoms with Crippen LogP contribution in [0.3, 0.4) is 0 Å². The van der Waals surface area contributed by atoms with Crippen molar-refractivity contribution in [3.63, 3.8) is 0 Å². The Morgan fingerprint density at radius 3 is 1.54 bits per heavy atom. The highest BCUT2D eigenvalue weighted by atomic mass is 79.9. The van der Waals surface area contributed by atoms with E-state index in [0.29, 0.717) is 0 Å². The highest BCUT2D eigenvalue weighted by molar-refractivity contribution is 9.09. The van der Waals surface area contributed by atoms with E-state index in [4.69, 9.17) is 0 Å². The number of halogens is 1. The molecule has 26 heavy (non-hydrogen) atoms. The summed E-state index contributed by atoms with van der Waals surface area (Å²) in [5, 5.41) is 0. The first-order chi connectivity index (χ1) is 12.8. The number of rotatable bonds is 5. The van der Waals surface area contributed by atoms with Crippen LogP contribution in [-0.2, 0) is 4.32 Å². The molecule has 1 atom stereocenters. The van der Waals surface area contributed by atoms with E-state index < -0.39 is 0 Å². The lowest BCUT2D eigenvalue weighted by Gasteiger charge is -2.42. The molecule has 1 nitrogen and oxygen atoms in total. The van der Waals surface area contributed by atoms with Gasteiger partial charge in [-0.2, -0.15) is 0 Å². The lowest BCUT2D eigenvalue weighted by Crippen LogP contribution is -2.40. The Morgan fingerprint density at radius 1 is 0.654 bits per heavy atom. The summed E-state index contributed by atoms with van der Waals surface area (Å²) in [6.45, 7) is 2.29. The maximum absolute atomic E-state index is 4.27. The molecule has 0 saturated carbocycles. The standard InChI is InChI=1S/C24H24BrN/c25-24(21-14-6-2-7-15-21,22-16-8-3-9-17-22)23(26-18-10-11-19-26)20-12-4-1-5-13-20/h1-9,12-17,23H,10-11,18-19H2. The summed E-state index contributed by atoms with van der Waals surface area (Å²) in [7, 11) is 0. The average Bonchev–Trinajstić information content (AvgIpc) is 3.24. The van der Waals surface area contributed by atoms with Crippen LogP contribution in [0.2, 0.25) is 0 Å². The van der Waals surface area contributed by atoms with Crippen molar-refractivity contribution in [1.29, 1.82) is 0 Å². The molecule has 1 unspecified atom stereocenters. The molecule has 0 bridgehead atoms. The van der Waals surface area contributed by atoms with Crippen LogP contribution in [-0.4, -0.2) is 18.0 Å². The molecule has 2 heteroatoms. The summed E-state index contributed by atoms with van der Waals surface area (Å²) in [5.41, 5.74) is 3.96. The van der Waals surface area contributed by atoms with E-state index in [0.717, 1.165) is 13.1 Å². The van der Waals surface area contributed by atoms with Crippen LogP contribution in [0.15, 0.2) is 91.0 Å². The van der Waals surface area contributed by atoms with Gasteiger partial charge in [-0.3, -0.25) is 4.90 Å². The minimum absolute atomic E-state index is 0.246. The molecule has 132 valence electrons. The van der Waals surface area contributed by atoms with Crippen molar-refractivity contribution in [2.45, 2.75) is 23.2 Å². The van der Waals surface area contributed by atoms with E-state index in [1.165, 1.54) is 29.5 Å². The van der Waals surface area contributed by atoms with Gasteiger partial charge in [-0.25, -0.2) is 0 Å². The normalized spacial score (nSPS) is 16.5. The number of hydrogen-bond donors (Lipinski definition) is 0. The Morgan fingerprint density at radius 2 is 1.08 bits per heavy atom. The SMILES string of the molecule is BrC(c1ccccc1)(c1ccccc1)C(c1ccccc1)N1CCCC1. The maximum atomic E-state index is 4.27. The second-order valence-corrected chi connectivity index (χ2v) is 8.25. The molecule has 0 spiro atoms. The summed E-state index contributed by atoms with van der Waals surface area (Å²) in [5.74, 6) is 0. The average molecular weight is 406 g/mol. The topological polar surface area (TPSA) is 3.24 Å². The van der Waals surface area contributed by atoms with Crippen LogP contribution in [0.4, 0.5) is 0 Å². The Bertz CT molecular complexity index is 771. The quantitative estimate of drug-likeness (QED) is 0.459. The zero-order valence-electron chi connectivity index (χ0n) is 14.9. The van der Waals surface area contributed by atoms with Gasteiger partial charge >= 0.3 is 0 Å². The van der Waals surface area contributed by atoms with Crippen LogP contribution in [0.1, 0.15) is 35.6 Å². The van der Waals surface area contributed by atoms with Crippen LogP contribution >= 0.6 is 15.9 Å². The minimum atomic E-state index is -0.290. The second-order valence-electron chi connectivity index (χ2n) is 7.00. The van der Waals surface area contributed by atoms with Crippen molar-refractivity contribution in [1.82, 2.24) is 4.90 Å². The van der Waals surface area contributed by atoms with Gasteiger partial charge in [0.15, 0.2) is 0 Å². The van der Waals surface area contributed by atoms with Crippen LogP contribution in [0.25, 0.3) is 0 Å². The first-order valence-electron chi connectivity index (χ1n) is 9.39. The number of nitrogens with zero attached hydrogens (tertiary/aromatic N) is 1. The summed E-state index contributed by atoms with van der Waals surface area (Å²) in [6, 6.07) is 32.9. The predicted octanol–water partition coefficient (Wildman–Crippen LogP) is 6.16. The molecule has 3 aromatic rings. The molecule has 4 rings (SSSR count). The molecule has 0 aromatic heterocycles. The molecular formula is C24H24BrN. The zero-order valence-corrected chi connectivity index (χ0v) is 16.5. The third-order valence-electron chi connectivity index (χ3n) is 5.39. The van der Waals surface area contributed by atoms with Gasteiger partial charge in [0.05, 0.1) is 10.4 Å². The zero-order chi connectivity index (χ0) is 17.8. The van der Waals surface area contributed by atoms with Crippen molar-refractivity contribution in [3.05, 3.63) is 108 Å². The highest BCUT2D eigenvalue weighted by Crippen LogP contribution is 2.51. The number of benzene rings is 3. The molecule has 0 N–H and O–H groups in total. The summed E-state index contributed by atoms with van der Waals surface area (Å²) >= 11 is 4.27. The fraction of sp³-hybridized carbons (Fsp3) is 0.250. The van der Waals surface area contributed by atoms with Crippen molar-refractivity contribution < 1.29 is 0 Å². The van der Waals surface area contributed by atoms with E-state index in [1.807, 2.05) is 0 Å². The van der Waals surface area contributed by atoms with Gasteiger partial charge in [-0.05, 0) is 42.6 Å². The lowest BCUT2D eigenvalue weighted by molar-refractivity contribution is 0.214. The van der Waals surface area contributed by atoms with Crippen LogP contribution in [0.5, 0.6) is 0 Å². The van der Waals surface area contributed by atoms with Gasteiger partial charge in [-0.15, -0.1) is 0 Å². The highest BCUT2D eigenvalue weighted by Gasteiger charge is 2.44. The maximum Gasteiger partial charge on any atom is 0.0951 e. The summed E-state index contributed by atoms with van der Waals surface area (Å²) in [6.07, 6.45) is 2.55. The molecule has 3 aromatic carbocycles. The Labute approximate surface area is 164 Å². The molecule has 1 aliphatic rings. The number of alkyl halides is 1. The number of hydrogen-bond acceptors (Lipinski definition) is 1. The Balaban J connectivity index is 1.93. The van der Waals surface area contributed by atoms with Crippen molar-refractivity contribution >= 4 is 15.9 Å². The molecule has 1 heterocycles. The third-order valence-corrected chi connectivity index (χ3v) is 6.74. The van der Waals surface area contributed by atoms with E-state index in [2.05, 4.69) is 112 Å². The van der Waals surface area contributed by atoms with Crippen molar-refractivity contribution in [3.8, 4) is 0 Å². The molecule has 0 amide bonds. The fourth-order valence-electron chi connectivity index (χ4n) is 4.17. The van der Waals surface area contributed by atoms with Gasteiger partial charge in [0, 0.05) is 0 Å². The molecule has 0 aliphatic carbocycles. The van der Waals surface area contributed by atoms with Gasteiger partial charge in [0.1, 0.15) is 0 Å². The molecule has 1 aliphatic heterocycles.